The molecule has 2 heterocycles. The largest absolute Gasteiger partial charge is 0.431 e. The molecule has 1 amide bonds. The summed E-state index contributed by atoms with van der Waals surface area (Å²) in [5.41, 5.74) is 0.312. The second-order valence-electron chi connectivity index (χ2n) is 4.68. The molecule has 0 atom stereocenters. The zero-order valence-electron chi connectivity index (χ0n) is 11.1. The van der Waals surface area contributed by atoms with Crippen molar-refractivity contribution in [3.05, 3.63) is 60.0 Å². The molecule has 112 valence electrons. The Morgan fingerprint density at radius 3 is 2.68 bits per heavy atom. The van der Waals surface area contributed by atoms with Crippen LogP contribution in [0.1, 0.15) is 16.1 Å². The Balaban J connectivity index is 1.88. The number of benzene rings is 1. The molecule has 0 aliphatic heterocycles. The molecule has 1 aromatic carbocycles. The van der Waals surface area contributed by atoms with Crippen LogP contribution in [0.25, 0.3) is 10.9 Å². The highest BCUT2D eigenvalue weighted by Crippen LogP contribution is 2.31. The van der Waals surface area contributed by atoms with E-state index in [0.29, 0.717) is 22.2 Å². The summed E-state index contributed by atoms with van der Waals surface area (Å²) < 4.78 is 38.0. The van der Waals surface area contributed by atoms with Crippen LogP contribution < -0.4 is 5.32 Å². The number of carbonyl (C=O) groups excluding carboxylic acids is 1. The number of nitrogens with one attached hydrogen (secondary N) is 2. The average molecular weight is 305 g/mol. The molecule has 0 unspecified atom stereocenters. The van der Waals surface area contributed by atoms with Crippen molar-refractivity contribution in [3.63, 3.8) is 0 Å². The topological polar surface area (TPSA) is 57.8 Å². The fraction of sp³-hybridized carbons (Fsp3) is 0.0667. The molecule has 0 saturated heterocycles. The van der Waals surface area contributed by atoms with E-state index in [-0.39, 0.29) is 5.91 Å². The van der Waals surface area contributed by atoms with Crippen LogP contribution in [-0.2, 0) is 6.18 Å². The third-order valence-corrected chi connectivity index (χ3v) is 3.11. The van der Waals surface area contributed by atoms with Crippen LogP contribution in [0.15, 0.2) is 48.8 Å². The molecule has 0 spiro atoms. The molecular formula is C15H10F3N3O. The molecular weight excluding hydrogens is 295 g/mol. The van der Waals surface area contributed by atoms with Crippen molar-refractivity contribution in [1.82, 2.24) is 9.97 Å². The summed E-state index contributed by atoms with van der Waals surface area (Å²) in [4.78, 5) is 18.1. The van der Waals surface area contributed by atoms with Gasteiger partial charge in [0.25, 0.3) is 5.91 Å². The van der Waals surface area contributed by atoms with E-state index in [1.807, 2.05) is 0 Å². The van der Waals surface area contributed by atoms with Crippen LogP contribution in [-0.4, -0.2) is 15.9 Å². The molecule has 7 heteroatoms. The van der Waals surface area contributed by atoms with Crippen molar-refractivity contribution in [1.29, 1.82) is 0 Å². The number of rotatable bonds is 2. The molecule has 0 radical (unpaired) electrons. The number of pyridine rings is 1. The number of carbonyl (C=O) groups is 1. The first-order valence-electron chi connectivity index (χ1n) is 6.35. The molecule has 3 rings (SSSR count). The predicted octanol–water partition coefficient (Wildman–Crippen LogP) is 3.83. The lowest BCUT2D eigenvalue weighted by Crippen LogP contribution is -2.11. The standard InChI is InChI=1S/C15H10F3N3O/c16-15(17,18)13-7-10-6-11(3-4-12(10)21-13)20-14(22)9-2-1-5-19-8-9/h1-8,21H,(H,20,22). The van der Waals surface area contributed by atoms with E-state index in [2.05, 4.69) is 15.3 Å². The van der Waals surface area contributed by atoms with Crippen molar-refractivity contribution in [2.24, 2.45) is 0 Å². The summed E-state index contributed by atoms with van der Waals surface area (Å²) in [5, 5.41) is 3.00. The summed E-state index contributed by atoms with van der Waals surface area (Å²) in [5.74, 6) is -0.376. The maximum atomic E-state index is 12.7. The molecule has 2 aromatic heterocycles. The molecule has 0 aliphatic rings. The number of aromatic nitrogens is 2. The van der Waals surface area contributed by atoms with Gasteiger partial charge in [-0.05, 0) is 36.4 Å². The van der Waals surface area contributed by atoms with Gasteiger partial charge >= 0.3 is 6.18 Å². The van der Waals surface area contributed by atoms with Crippen LogP contribution in [0.5, 0.6) is 0 Å². The number of hydrogen-bond donors (Lipinski definition) is 2. The first-order chi connectivity index (χ1) is 10.4. The van der Waals surface area contributed by atoms with E-state index in [0.717, 1.165) is 6.07 Å². The van der Waals surface area contributed by atoms with Gasteiger partial charge in [-0.25, -0.2) is 0 Å². The Morgan fingerprint density at radius 2 is 2.00 bits per heavy atom. The van der Waals surface area contributed by atoms with Gasteiger partial charge in [0, 0.05) is 29.0 Å². The number of fused-ring (bicyclic) bond motifs is 1. The summed E-state index contributed by atoms with van der Waals surface area (Å²) in [7, 11) is 0. The van der Waals surface area contributed by atoms with Crippen LogP contribution in [0.4, 0.5) is 18.9 Å². The van der Waals surface area contributed by atoms with Gasteiger partial charge in [-0.3, -0.25) is 9.78 Å². The lowest BCUT2D eigenvalue weighted by molar-refractivity contribution is -0.140. The Hall–Kier alpha value is -2.83. The maximum Gasteiger partial charge on any atom is 0.431 e. The summed E-state index contributed by atoms with van der Waals surface area (Å²) >= 11 is 0. The van der Waals surface area contributed by atoms with Crippen molar-refractivity contribution < 1.29 is 18.0 Å². The lowest BCUT2D eigenvalue weighted by atomic mass is 10.2. The van der Waals surface area contributed by atoms with Crippen LogP contribution in [0.3, 0.4) is 0 Å². The Morgan fingerprint density at radius 1 is 1.18 bits per heavy atom. The SMILES string of the molecule is O=C(Nc1ccc2[nH]c(C(F)(F)F)cc2c1)c1cccnc1. The number of hydrogen-bond acceptors (Lipinski definition) is 2. The average Bonchev–Trinajstić information content (AvgIpc) is 2.91. The fourth-order valence-corrected chi connectivity index (χ4v) is 2.06. The normalized spacial score (nSPS) is 11.6. The van der Waals surface area contributed by atoms with Crippen molar-refractivity contribution in [2.75, 3.05) is 5.32 Å². The highest BCUT2D eigenvalue weighted by Gasteiger charge is 2.32. The highest BCUT2D eigenvalue weighted by molar-refractivity contribution is 6.04. The van der Waals surface area contributed by atoms with E-state index in [9.17, 15) is 18.0 Å². The van der Waals surface area contributed by atoms with E-state index < -0.39 is 11.9 Å². The van der Waals surface area contributed by atoms with Gasteiger partial charge < -0.3 is 10.3 Å². The second kappa shape index (κ2) is 5.18. The third-order valence-electron chi connectivity index (χ3n) is 3.11. The summed E-state index contributed by atoms with van der Waals surface area (Å²) in [6.07, 6.45) is -1.48. The smallest absolute Gasteiger partial charge is 0.351 e. The number of nitrogens with zero attached hydrogens (tertiary/aromatic N) is 1. The molecule has 0 saturated carbocycles. The van der Waals surface area contributed by atoms with Crippen LogP contribution >= 0.6 is 0 Å². The molecule has 3 aromatic rings. The quantitative estimate of drug-likeness (QED) is 0.756. The number of halogens is 3. The van der Waals surface area contributed by atoms with E-state index in [1.165, 1.54) is 24.4 Å². The molecule has 2 N–H and O–H groups in total. The zero-order valence-corrected chi connectivity index (χ0v) is 11.1. The highest BCUT2D eigenvalue weighted by atomic mass is 19.4. The Bertz CT molecular complexity index is 825. The van der Waals surface area contributed by atoms with Crippen LogP contribution in [0.2, 0.25) is 0 Å². The van der Waals surface area contributed by atoms with Crippen molar-refractivity contribution >= 4 is 22.5 Å². The van der Waals surface area contributed by atoms with Crippen molar-refractivity contribution in [3.8, 4) is 0 Å². The second-order valence-corrected chi connectivity index (χ2v) is 4.68. The van der Waals surface area contributed by atoms with Gasteiger partial charge in [0.2, 0.25) is 0 Å². The maximum absolute atomic E-state index is 12.7. The van der Waals surface area contributed by atoms with Gasteiger partial charge in [-0.1, -0.05) is 0 Å². The van der Waals surface area contributed by atoms with Gasteiger partial charge in [-0.2, -0.15) is 13.2 Å². The fourth-order valence-electron chi connectivity index (χ4n) is 2.06. The molecule has 0 aliphatic carbocycles. The molecule has 0 bridgehead atoms. The van der Waals surface area contributed by atoms with Gasteiger partial charge in [0.15, 0.2) is 0 Å². The number of anilines is 1. The van der Waals surface area contributed by atoms with Gasteiger partial charge in [0.05, 0.1) is 5.56 Å². The summed E-state index contributed by atoms with van der Waals surface area (Å²) in [6.45, 7) is 0. The minimum Gasteiger partial charge on any atom is -0.351 e. The Kier molecular flexibility index (Phi) is 3.32. The molecule has 4 nitrogen and oxygen atoms in total. The van der Waals surface area contributed by atoms with Gasteiger partial charge in [0.1, 0.15) is 5.69 Å². The number of amides is 1. The van der Waals surface area contributed by atoms with E-state index >= 15 is 0 Å². The predicted molar refractivity (Wildman–Crippen MR) is 75.5 cm³/mol. The first kappa shape index (κ1) is 14.1. The minimum absolute atomic E-state index is 0.353. The number of H-pyrrole nitrogens is 1. The summed E-state index contributed by atoms with van der Waals surface area (Å²) in [6, 6.07) is 8.74. The number of aromatic amines is 1. The zero-order chi connectivity index (χ0) is 15.7. The first-order valence-corrected chi connectivity index (χ1v) is 6.35. The number of alkyl halides is 3. The third kappa shape index (κ3) is 2.78. The van der Waals surface area contributed by atoms with Crippen LogP contribution in [0, 0.1) is 0 Å². The van der Waals surface area contributed by atoms with E-state index in [4.69, 9.17) is 0 Å². The van der Waals surface area contributed by atoms with Crippen molar-refractivity contribution in [2.45, 2.75) is 6.18 Å². The van der Waals surface area contributed by atoms with E-state index in [1.54, 1.807) is 18.3 Å². The van der Waals surface area contributed by atoms with Gasteiger partial charge in [-0.15, -0.1) is 0 Å². The Labute approximate surface area is 123 Å². The lowest BCUT2D eigenvalue weighted by Gasteiger charge is -2.04. The monoisotopic (exact) mass is 305 g/mol. The molecule has 0 fully saturated rings. The minimum atomic E-state index is -4.43. The molecule has 22 heavy (non-hydrogen) atoms.